The first-order chi connectivity index (χ1) is 14.1. The van der Waals surface area contributed by atoms with Gasteiger partial charge in [0.05, 0.1) is 24.5 Å². The predicted octanol–water partition coefficient (Wildman–Crippen LogP) is 4.86. The lowest BCUT2D eigenvalue weighted by Gasteiger charge is -2.12. The van der Waals surface area contributed by atoms with Crippen LogP contribution < -0.4 is 19.6 Å². The zero-order chi connectivity index (χ0) is 21.1. The van der Waals surface area contributed by atoms with Gasteiger partial charge in [-0.15, -0.1) is 0 Å². The number of hydrazone groups is 1. The molecule has 29 heavy (non-hydrogen) atoms. The van der Waals surface area contributed by atoms with Crippen molar-refractivity contribution in [2.24, 2.45) is 5.10 Å². The second-order valence-corrected chi connectivity index (χ2v) is 6.34. The van der Waals surface area contributed by atoms with Crippen molar-refractivity contribution in [2.45, 2.75) is 20.3 Å². The highest BCUT2D eigenvalue weighted by Crippen LogP contribution is 2.28. The number of ether oxygens (including phenoxy) is 3. The van der Waals surface area contributed by atoms with E-state index in [1.165, 1.54) is 6.21 Å². The fourth-order valence-electron chi connectivity index (χ4n) is 2.34. The van der Waals surface area contributed by atoms with Gasteiger partial charge in [-0.2, -0.15) is 5.10 Å². The Bertz CT molecular complexity index is 868. The van der Waals surface area contributed by atoms with Crippen LogP contribution in [0.2, 0.25) is 5.02 Å². The summed E-state index contributed by atoms with van der Waals surface area (Å²) in [6.07, 6.45) is 4.05. The molecular weight excluding hydrogens is 392 g/mol. The van der Waals surface area contributed by atoms with E-state index < -0.39 is 0 Å². The maximum absolute atomic E-state index is 12.4. The molecule has 0 bridgehead atoms. The van der Waals surface area contributed by atoms with E-state index in [1.807, 2.05) is 19.9 Å². The molecule has 1 N–H and O–H groups in total. The van der Waals surface area contributed by atoms with E-state index in [0.29, 0.717) is 47.7 Å². The molecule has 7 heteroatoms. The molecule has 0 radical (unpaired) electrons. The summed E-state index contributed by atoms with van der Waals surface area (Å²) in [6, 6.07) is 10.2. The Balaban J connectivity index is 2.03. The van der Waals surface area contributed by atoms with Crippen LogP contribution in [0.1, 0.15) is 36.2 Å². The molecule has 0 aromatic heterocycles. The van der Waals surface area contributed by atoms with Crippen molar-refractivity contribution in [1.29, 1.82) is 0 Å². The van der Waals surface area contributed by atoms with Gasteiger partial charge in [-0.25, -0.2) is 5.43 Å². The molecule has 0 fully saturated rings. The molecular formula is C22H25ClN2O4. The van der Waals surface area contributed by atoms with Gasteiger partial charge in [0.25, 0.3) is 5.91 Å². The molecule has 154 valence electrons. The Morgan fingerprint density at radius 1 is 1.10 bits per heavy atom. The molecule has 0 atom stereocenters. The predicted molar refractivity (Wildman–Crippen MR) is 116 cm³/mol. The maximum atomic E-state index is 12.4. The summed E-state index contributed by atoms with van der Waals surface area (Å²) in [5.41, 5.74) is 3.63. The molecule has 0 unspecified atom stereocenters. The van der Waals surface area contributed by atoms with Crippen LogP contribution in [0.15, 0.2) is 54.2 Å². The minimum atomic E-state index is -0.369. The fourth-order valence-corrected chi connectivity index (χ4v) is 2.59. The molecule has 0 aliphatic heterocycles. The van der Waals surface area contributed by atoms with E-state index in [9.17, 15) is 4.79 Å². The lowest BCUT2D eigenvalue weighted by Crippen LogP contribution is -2.17. The summed E-state index contributed by atoms with van der Waals surface area (Å²) in [4.78, 5) is 12.4. The van der Waals surface area contributed by atoms with E-state index >= 15 is 0 Å². The van der Waals surface area contributed by atoms with Gasteiger partial charge in [-0.3, -0.25) is 4.79 Å². The number of rotatable bonds is 11. The number of hydrogen-bond acceptors (Lipinski definition) is 5. The first-order valence-electron chi connectivity index (χ1n) is 9.35. The van der Waals surface area contributed by atoms with Gasteiger partial charge in [0, 0.05) is 5.56 Å². The van der Waals surface area contributed by atoms with E-state index in [0.717, 1.165) is 12.0 Å². The number of hydrogen-bond donors (Lipinski definition) is 1. The van der Waals surface area contributed by atoms with Crippen LogP contribution >= 0.6 is 11.6 Å². The molecule has 0 aliphatic carbocycles. The van der Waals surface area contributed by atoms with Crippen LogP contribution in [0.25, 0.3) is 0 Å². The highest BCUT2D eigenvalue weighted by atomic mass is 35.5. The zero-order valence-corrected chi connectivity index (χ0v) is 17.4. The number of carbonyl (C=O) groups is 1. The molecule has 0 heterocycles. The number of carbonyl (C=O) groups excluding carboxylic acids is 1. The number of nitrogens with one attached hydrogen (secondary N) is 1. The van der Waals surface area contributed by atoms with Crippen molar-refractivity contribution in [2.75, 3.05) is 19.8 Å². The number of amides is 1. The van der Waals surface area contributed by atoms with E-state index in [1.54, 1.807) is 36.4 Å². The summed E-state index contributed by atoms with van der Waals surface area (Å²) >= 11 is 6.19. The molecule has 0 saturated heterocycles. The summed E-state index contributed by atoms with van der Waals surface area (Å²) in [5.74, 6) is 1.29. The van der Waals surface area contributed by atoms with Crippen molar-refractivity contribution >= 4 is 23.7 Å². The Labute approximate surface area is 176 Å². The topological polar surface area (TPSA) is 69.2 Å². The second kappa shape index (κ2) is 11.8. The first kappa shape index (κ1) is 22.3. The van der Waals surface area contributed by atoms with Crippen molar-refractivity contribution < 1.29 is 19.0 Å². The van der Waals surface area contributed by atoms with Crippen molar-refractivity contribution in [3.63, 3.8) is 0 Å². The number of halogens is 1. The molecule has 2 aromatic rings. The highest BCUT2D eigenvalue weighted by Gasteiger charge is 2.11. The number of benzene rings is 2. The molecule has 1 amide bonds. The van der Waals surface area contributed by atoms with E-state index in [4.69, 9.17) is 25.8 Å². The van der Waals surface area contributed by atoms with Crippen LogP contribution in [0.3, 0.4) is 0 Å². The third kappa shape index (κ3) is 6.84. The lowest BCUT2D eigenvalue weighted by atomic mass is 10.2. The molecule has 2 rings (SSSR count). The molecule has 0 aliphatic rings. The molecule has 0 spiro atoms. The molecule has 2 aromatic carbocycles. The third-order valence-corrected chi connectivity index (χ3v) is 3.96. The van der Waals surface area contributed by atoms with E-state index in [2.05, 4.69) is 17.1 Å². The minimum absolute atomic E-state index is 0.348. The summed E-state index contributed by atoms with van der Waals surface area (Å²) in [6.45, 7) is 8.90. The first-order valence-corrected chi connectivity index (χ1v) is 9.73. The highest BCUT2D eigenvalue weighted by molar-refractivity contribution is 6.32. The quantitative estimate of drug-likeness (QED) is 0.323. The van der Waals surface area contributed by atoms with Gasteiger partial charge in [0.1, 0.15) is 12.4 Å². The Hall–Kier alpha value is -2.99. The largest absolute Gasteiger partial charge is 0.492 e. The van der Waals surface area contributed by atoms with Crippen molar-refractivity contribution in [3.05, 3.63) is 65.2 Å². The van der Waals surface area contributed by atoms with Crippen LogP contribution in [0.5, 0.6) is 17.2 Å². The molecule has 6 nitrogen and oxygen atoms in total. The van der Waals surface area contributed by atoms with Crippen LogP contribution in [-0.4, -0.2) is 31.9 Å². The van der Waals surface area contributed by atoms with E-state index in [-0.39, 0.29) is 5.91 Å². The van der Waals surface area contributed by atoms with Gasteiger partial charge >= 0.3 is 0 Å². The monoisotopic (exact) mass is 416 g/mol. The normalized spacial score (nSPS) is 10.6. The van der Waals surface area contributed by atoms with Gasteiger partial charge in [-0.1, -0.05) is 31.2 Å². The number of nitrogens with zero attached hydrogens (tertiary/aromatic N) is 1. The van der Waals surface area contributed by atoms with Gasteiger partial charge in [0.2, 0.25) is 0 Å². The third-order valence-electron chi connectivity index (χ3n) is 3.66. The maximum Gasteiger partial charge on any atom is 0.271 e. The van der Waals surface area contributed by atoms with Gasteiger partial charge in [0.15, 0.2) is 11.5 Å². The smallest absolute Gasteiger partial charge is 0.271 e. The Kier molecular flexibility index (Phi) is 9.05. The van der Waals surface area contributed by atoms with Crippen LogP contribution in [-0.2, 0) is 0 Å². The van der Waals surface area contributed by atoms with Crippen LogP contribution in [0.4, 0.5) is 0 Å². The Morgan fingerprint density at radius 2 is 1.90 bits per heavy atom. The standard InChI is InChI=1S/C22H25ClN2O4/c1-4-11-28-19-9-7-16(13-18(19)23)15-24-25-22(26)17-8-10-20(29-12-5-2)21(14-17)27-6-3/h5,7-10,13-15H,2,4,6,11-12H2,1,3H3,(H,25,26)/b24-15+. The average Bonchev–Trinajstić information content (AvgIpc) is 2.72. The van der Waals surface area contributed by atoms with Gasteiger partial charge in [-0.05, 0) is 55.3 Å². The summed E-state index contributed by atoms with van der Waals surface area (Å²) < 4.78 is 16.6. The zero-order valence-electron chi connectivity index (χ0n) is 16.6. The van der Waals surface area contributed by atoms with Crippen molar-refractivity contribution in [1.82, 2.24) is 5.43 Å². The average molecular weight is 417 g/mol. The summed E-state index contributed by atoms with van der Waals surface area (Å²) in [5, 5.41) is 4.48. The van der Waals surface area contributed by atoms with Crippen molar-refractivity contribution in [3.8, 4) is 17.2 Å². The van der Waals surface area contributed by atoms with Crippen LogP contribution in [0, 0.1) is 0 Å². The SMILES string of the molecule is C=CCOc1ccc(C(=O)N/N=C/c2ccc(OCCC)c(Cl)c2)cc1OCC. The summed E-state index contributed by atoms with van der Waals surface area (Å²) in [7, 11) is 0. The lowest BCUT2D eigenvalue weighted by molar-refractivity contribution is 0.0954. The van der Waals surface area contributed by atoms with Gasteiger partial charge < -0.3 is 14.2 Å². The Morgan fingerprint density at radius 3 is 2.59 bits per heavy atom. The molecule has 0 saturated carbocycles. The minimum Gasteiger partial charge on any atom is -0.492 e. The fraction of sp³-hybridized carbons (Fsp3) is 0.273. The second-order valence-electron chi connectivity index (χ2n) is 5.93.